The van der Waals surface area contributed by atoms with Gasteiger partial charge in [0.15, 0.2) is 5.69 Å². The Kier molecular flexibility index (Phi) is 3.83. The summed E-state index contributed by atoms with van der Waals surface area (Å²) in [6, 6.07) is 7.15. The van der Waals surface area contributed by atoms with Crippen molar-refractivity contribution in [1.82, 2.24) is 24.6 Å². The van der Waals surface area contributed by atoms with Crippen LogP contribution in [-0.4, -0.2) is 31.3 Å². The first-order chi connectivity index (χ1) is 12.2. The van der Waals surface area contributed by atoms with Crippen molar-refractivity contribution in [3.63, 3.8) is 0 Å². The average molecular weight is 337 g/mol. The summed E-state index contributed by atoms with van der Waals surface area (Å²) < 4.78 is 3.40. The largest absolute Gasteiger partial charge is 0.346 e. The van der Waals surface area contributed by atoms with Crippen molar-refractivity contribution < 1.29 is 4.79 Å². The molecule has 1 aromatic carbocycles. The molecule has 3 heterocycles. The SMILES string of the molecule is CCn1nc(C(=O)N[C@H]2CCc3nccn3C2)c2ccccc2c1=O. The Morgan fingerprint density at radius 3 is 2.92 bits per heavy atom. The number of hydrogen-bond donors (Lipinski definition) is 1. The van der Waals surface area contributed by atoms with Crippen molar-refractivity contribution >= 4 is 16.7 Å². The molecule has 0 saturated carbocycles. The van der Waals surface area contributed by atoms with Gasteiger partial charge in [0, 0.05) is 43.3 Å². The first kappa shape index (κ1) is 15.6. The van der Waals surface area contributed by atoms with Crippen LogP contribution in [0.5, 0.6) is 0 Å². The number of amides is 1. The maximum absolute atomic E-state index is 12.8. The van der Waals surface area contributed by atoms with Gasteiger partial charge in [-0.3, -0.25) is 9.59 Å². The van der Waals surface area contributed by atoms with Gasteiger partial charge in [-0.25, -0.2) is 9.67 Å². The van der Waals surface area contributed by atoms with Gasteiger partial charge in [-0.1, -0.05) is 18.2 Å². The summed E-state index contributed by atoms with van der Waals surface area (Å²) >= 11 is 0. The van der Waals surface area contributed by atoms with Crippen molar-refractivity contribution in [2.24, 2.45) is 0 Å². The average Bonchev–Trinajstić information content (AvgIpc) is 3.10. The van der Waals surface area contributed by atoms with E-state index in [9.17, 15) is 9.59 Å². The standard InChI is InChI=1S/C18H19N5O2/c1-2-23-18(25)14-6-4-3-5-13(14)16(21-23)17(24)20-12-7-8-15-19-9-10-22(15)11-12/h3-6,9-10,12H,2,7-8,11H2,1H3,(H,20,24)/t12-/m0/s1. The fraction of sp³-hybridized carbons (Fsp3) is 0.333. The smallest absolute Gasteiger partial charge is 0.274 e. The van der Waals surface area contributed by atoms with Crippen molar-refractivity contribution in [3.8, 4) is 0 Å². The molecule has 0 radical (unpaired) electrons. The van der Waals surface area contributed by atoms with Crippen molar-refractivity contribution in [2.45, 2.75) is 38.9 Å². The predicted molar refractivity (Wildman–Crippen MR) is 93.5 cm³/mol. The maximum Gasteiger partial charge on any atom is 0.274 e. The zero-order valence-electron chi connectivity index (χ0n) is 14.0. The molecule has 1 atom stereocenters. The molecular formula is C18H19N5O2. The lowest BCUT2D eigenvalue weighted by Gasteiger charge is -2.24. The van der Waals surface area contributed by atoms with E-state index in [0.717, 1.165) is 18.7 Å². The minimum atomic E-state index is -0.244. The molecule has 2 aromatic heterocycles. The summed E-state index contributed by atoms with van der Waals surface area (Å²) in [5.74, 6) is 0.806. The third kappa shape index (κ3) is 2.71. The van der Waals surface area contributed by atoms with E-state index in [1.807, 2.05) is 19.2 Å². The van der Waals surface area contributed by atoms with Gasteiger partial charge >= 0.3 is 0 Å². The minimum absolute atomic E-state index is 0.0248. The molecule has 0 spiro atoms. The monoisotopic (exact) mass is 337 g/mol. The number of aryl methyl sites for hydroxylation is 2. The molecule has 0 aliphatic carbocycles. The Balaban J connectivity index is 1.66. The van der Waals surface area contributed by atoms with Gasteiger partial charge < -0.3 is 9.88 Å². The zero-order chi connectivity index (χ0) is 17.4. The highest BCUT2D eigenvalue weighted by atomic mass is 16.2. The van der Waals surface area contributed by atoms with Crippen LogP contribution in [0.4, 0.5) is 0 Å². The van der Waals surface area contributed by atoms with Crippen LogP contribution in [0.3, 0.4) is 0 Å². The lowest BCUT2D eigenvalue weighted by molar-refractivity contribution is 0.0922. The van der Waals surface area contributed by atoms with Gasteiger partial charge in [-0.2, -0.15) is 5.10 Å². The van der Waals surface area contributed by atoms with Crippen molar-refractivity contribution in [2.75, 3.05) is 0 Å². The number of aromatic nitrogens is 4. The van der Waals surface area contributed by atoms with Crippen LogP contribution in [-0.2, 0) is 19.5 Å². The van der Waals surface area contributed by atoms with Crippen LogP contribution < -0.4 is 10.9 Å². The summed E-state index contributed by atoms with van der Waals surface area (Å²) in [5.41, 5.74) is 0.129. The topological polar surface area (TPSA) is 81.8 Å². The highest BCUT2D eigenvalue weighted by Gasteiger charge is 2.23. The Hall–Kier alpha value is -2.96. The molecule has 7 nitrogen and oxygen atoms in total. The minimum Gasteiger partial charge on any atom is -0.346 e. The number of nitrogens with one attached hydrogen (secondary N) is 1. The molecule has 3 aromatic rings. The van der Waals surface area contributed by atoms with Gasteiger partial charge in [0.1, 0.15) is 5.82 Å². The Morgan fingerprint density at radius 2 is 2.12 bits per heavy atom. The van der Waals surface area contributed by atoms with Gasteiger partial charge in [0.05, 0.1) is 5.39 Å². The molecule has 7 heteroatoms. The van der Waals surface area contributed by atoms with Gasteiger partial charge in [0.2, 0.25) is 0 Å². The third-order valence-corrected chi connectivity index (χ3v) is 4.65. The van der Waals surface area contributed by atoms with E-state index in [2.05, 4.69) is 20.0 Å². The van der Waals surface area contributed by atoms with Gasteiger partial charge in [0.25, 0.3) is 11.5 Å². The summed E-state index contributed by atoms with van der Waals surface area (Å²) in [4.78, 5) is 29.5. The highest BCUT2D eigenvalue weighted by molar-refractivity contribution is 6.04. The molecule has 1 N–H and O–H groups in total. The first-order valence-corrected chi connectivity index (χ1v) is 8.48. The van der Waals surface area contributed by atoms with E-state index in [1.165, 1.54) is 4.68 Å². The molecule has 0 bridgehead atoms. The molecule has 0 saturated heterocycles. The molecule has 0 fully saturated rings. The summed E-state index contributed by atoms with van der Waals surface area (Å²) in [6.45, 7) is 2.96. The Morgan fingerprint density at radius 1 is 1.32 bits per heavy atom. The van der Waals surface area contributed by atoms with Gasteiger partial charge in [-0.15, -0.1) is 0 Å². The van der Waals surface area contributed by atoms with E-state index in [0.29, 0.717) is 29.6 Å². The highest BCUT2D eigenvalue weighted by Crippen LogP contribution is 2.16. The molecule has 0 unspecified atom stereocenters. The predicted octanol–water partition coefficient (Wildman–Crippen LogP) is 1.36. The molecule has 1 aliphatic rings. The first-order valence-electron chi connectivity index (χ1n) is 8.48. The third-order valence-electron chi connectivity index (χ3n) is 4.65. The maximum atomic E-state index is 12.8. The Labute approximate surface area is 144 Å². The second-order valence-electron chi connectivity index (χ2n) is 6.22. The van der Waals surface area contributed by atoms with E-state index < -0.39 is 0 Å². The lowest BCUT2D eigenvalue weighted by atomic mass is 10.1. The molecule has 1 aliphatic heterocycles. The van der Waals surface area contributed by atoms with Gasteiger partial charge in [-0.05, 0) is 19.4 Å². The van der Waals surface area contributed by atoms with Crippen LogP contribution in [0.1, 0.15) is 29.7 Å². The summed E-state index contributed by atoms with van der Waals surface area (Å²) in [6.07, 6.45) is 5.39. The number of hydrogen-bond acceptors (Lipinski definition) is 4. The number of fused-ring (bicyclic) bond motifs is 2. The number of rotatable bonds is 3. The zero-order valence-corrected chi connectivity index (χ0v) is 14.0. The summed E-state index contributed by atoms with van der Waals surface area (Å²) in [5, 5.41) is 8.47. The quantitative estimate of drug-likeness (QED) is 0.782. The fourth-order valence-corrected chi connectivity index (χ4v) is 3.36. The second kappa shape index (κ2) is 6.16. The second-order valence-corrected chi connectivity index (χ2v) is 6.22. The van der Waals surface area contributed by atoms with Crippen LogP contribution >= 0.6 is 0 Å². The number of nitrogens with zero attached hydrogens (tertiary/aromatic N) is 4. The number of imidazole rings is 1. The van der Waals surface area contributed by atoms with Crippen LogP contribution in [0.2, 0.25) is 0 Å². The molecule has 4 rings (SSSR count). The molecular weight excluding hydrogens is 318 g/mol. The number of carbonyl (C=O) groups is 1. The van der Waals surface area contributed by atoms with Crippen LogP contribution in [0, 0.1) is 0 Å². The van der Waals surface area contributed by atoms with E-state index in [1.54, 1.807) is 24.4 Å². The lowest BCUT2D eigenvalue weighted by Crippen LogP contribution is -2.42. The Bertz CT molecular complexity index is 1000. The van der Waals surface area contributed by atoms with Crippen molar-refractivity contribution in [3.05, 3.63) is 58.5 Å². The fourth-order valence-electron chi connectivity index (χ4n) is 3.36. The summed E-state index contributed by atoms with van der Waals surface area (Å²) in [7, 11) is 0. The van der Waals surface area contributed by atoms with Crippen LogP contribution in [0.25, 0.3) is 10.8 Å². The van der Waals surface area contributed by atoms with E-state index >= 15 is 0 Å². The number of benzene rings is 1. The molecule has 128 valence electrons. The number of carbonyl (C=O) groups excluding carboxylic acids is 1. The molecule has 1 amide bonds. The van der Waals surface area contributed by atoms with Crippen molar-refractivity contribution in [1.29, 1.82) is 0 Å². The van der Waals surface area contributed by atoms with E-state index in [4.69, 9.17) is 0 Å². The molecule has 25 heavy (non-hydrogen) atoms. The van der Waals surface area contributed by atoms with E-state index in [-0.39, 0.29) is 17.5 Å². The normalized spacial score (nSPS) is 16.6. The van der Waals surface area contributed by atoms with Crippen LogP contribution in [0.15, 0.2) is 41.5 Å².